The normalized spacial score (nSPS) is 11.6. The minimum atomic E-state index is -0.917. The zero-order chi connectivity index (χ0) is 21.4. The third-order valence-corrected chi connectivity index (χ3v) is 4.56. The highest BCUT2D eigenvalue weighted by molar-refractivity contribution is 5.87. The summed E-state index contributed by atoms with van der Waals surface area (Å²) in [6.45, 7) is 3.12. The minimum absolute atomic E-state index is 0.0392. The first-order chi connectivity index (χ1) is 13.8. The van der Waals surface area contributed by atoms with Crippen molar-refractivity contribution in [2.75, 3.05) is 33.4 Å². The summed E-state index contributed by atoms with van der Waals surface area (Å²) in [6.07, 6.45) is 0. The first-order valence-corrected chi connectivity index (χ1v) is 9.15. The van der Waals surface area contributed by atoms with Crippen LogP contribution in [0.5, 0.6) is 5.75 Å². The van der Waals surface area contributed by atoms with E-state index in [0.717, 1.165) is 22.1 Å². The van der Waals surface area contributed by atoms with Crippen molar-refractivity contribution in [3.05, 3.63) is 52.1 Å². The first kappa shape index (κ1) is 21.9. The van der Waals surface area contributed by atoms with Crippen molar-refractivity contribution in [2.45, 2.75) is 19.8 Å². The number of amides is 1. The van der Waals surface area contributed by atoms with E-state index in [1.807, 2.05) is 36.4 Å². The molecule has 156 valence electrons. The molecule has 0 fully saturated rings. The van der Waals surface area contributed by atoms with Crippen LogP contribution in [0.15, 0.2) is 36.4 Å². The Kier molecular flexibility index (Phi) is 7.76. The van der Waals surface area contributed by atoms with Crippen LogP contribution in [0.1, 0.15) is 25.3 Å². The summed E-state index contributed by atoms with van der Waals surface area (Å²) in [4.78, 5) is 40.2. The zero-order valence-electron chi connectivity index (χ0n) is 16.6. The van der Waals surface area contributed by atoms with Crippen LogP contribution in [0.2, 0.25) is 0 Å². The molecule has 0 bridgehead atoms. The SMILES string of the molecule is CCN(CCO[N+](=O)[O-])C(=O)COC(=O)[C@@H](C)c1ccc2cc(OC)ccc2c1. The zero-order valence-corrected chi connectivity index (χ0v) is 16.6. The maximum atomic E-state index is 12.4. The van der Waals surface area contributed by atoms with Crippen LogP contribution in [0, 0.1) is 10.1 Å². The molecule has 1 atom stereocenters. The summed E-state index contributed by atoms with van der Waals surface area (Å²) in [5, 5.41) is 11.2. The molecule has 2 aromatic rings. The number of fused-ring (bicyclic) bond motifs is 1. The van der Waals surface area contributed by atoms with Crippen molar-refractivity contribution in [3.8, 4) is 5.75 Å². The van der Waals surface area contributed by atoms with Crippen LogP contribution in [0.4, 0.5) is 0 Å². The lowest BCUT2D eigenvalue weighted by molar-refractivity contribution is -0.757. The highest BCUT2D eigenvalue weighted by atomic mass is 16.9. The van der Waals surface area contributed by atoms with Crippen molar-refractivity contribution in [1.29, 1.82) is 0 Å². The highest BCUT2D eigenvalue weighted by Crippen LogP contribution is 2.25. The Morgan fingerprint density at radius 3 is 2.52 bits per heavy atom. The summed E-state index contributed by atoms with van der Waals surface area (Å²) in [5.41, 5.74) is 0.770. The second kappa shape index (κ2) is 10.3. The Labute approximate surface area is 168 Å². The Hall–Kier alpha value is -3.36. The van der Waals surface area contributed by atoms with Gasteiger partial charge in [-0.3, -0.25) is 9.59 Å². The lowest BCUT2D eigenvalue weighted by Gasteiger charge is -2.20. The van der Waals surface area contributed by atoms with Gasteiger partial charge in [0, 0.05) is 13.1 Å². The number of methoxy groups -OCH3 is 1. The van der Waals surface area contributed by atoms with E-state index in [9.17, 15) is 19.7 Å². The van der Waals surface area contributed by atoms with E-state index < -0.39 is 29.5 Å². The van der Waals surface area contributed by atoms with Crippen molar-refractivity contribution in [2.24, 2.45) is 0 Å². The number of ether oxygens (including phenoxy) is 2. The van der Waals surface area contributed by atoms with E-state index in [-0.39, 0.29) is 13.2 Å². The summed E-state index contributed by atoms with van der Waals surface area (Å²) >= 11 is 0. The van der Waals surface area contributed by atoms with Crippen LogP contribution in [-0.2, 0) is 19.2 Å². The molecule has 0 N–H and O–H groups in total. The largest absolute Gasteiger partial charge is 0.497 e. The highest BCUT2D eigenvalue weighted by Gasteiger charge is 2.20. The second-order valence-electron chi connectivity index (χ2n) is 6.33. The van der Waals surface area contributed by atoms with Gasteiger partial charge in [0.2, 0.25) is 0 Å². The Morgan fingerprint density at radius 2 is 1.86 bits per heavy atom. The van der Waals surface area contributed by atoms with Gasteiger partial charge in [0.05, 0.1) is 13.0 Å². The third kappa shape index (κ3) is 6.06. The van der Waals surface area contributed by atoms with Gasteiger partial charge in [-0.15, -0.1) is 10.1 Å². The molecule has 0 spiro atoms. The minimum Gasteiger partial charge on any atom is -0.497 e. The predicted octanol–water partition coefficient (Wildman–Crippen LogP) is 2.55. The van der Waals surface area contributed by atoms with Gasteiger partial charge in [-0.1, -0.05) is 24.3 Å². The van der Waals surface area contributed by atoms with Gasteiger partial charge in [-0.05, 0) is 42.3 Å². The van der Waals surface area contributed by atoms with E-state index in [4.69, 9.17) is 9.47 Å². The maximum Gasteiger partial charge on any atom is 0.313 e. The summed E-state index contributed by atoms with van der Waals surface area (Å²) < 4.78 is 10.4. The van der Waals surface area contributed by atoms with Crippen LogP contribution in [-0.4, -0.2) is 55.3 Å². The second-order valence-corrected chi connectivity index (χ2v) is 6.33. The summed E-state index contributed by atoms with van der Waals surface area (Å²) in [6, 6.07) is 11.3. The fourth-order valence-electron chi connectivity index (χ4n) is 2.81. The molecule has 0 radical (unpaired) electrons. The number of nitrogens with zero attached hydrogens (tertiary/aromatic N) is 2. The van der Waals surface area contributed by atoms with E-state index >= 15 is 0 Å². The molecule has 2 rings (SSSR count). The van der Waals surface area contributed by atoms with E-state index in [1.165, 1.54) is 4.90 Å². The van der Waals surface area contributed by atoms with Gasteiger partial charge in [0.15, 0.2) is 6.61 Å². The molecule has 1 amide bonds. The number of likely N-dealkylation sites (N-methyl/N-ethyl adjacent to an activating group) is 1. The molecule has 0 saturated heterocycles. The Balaban J connectivity index is 1.94. The van der Waals surface area contributed by atoms with E-state index in [0.29, 0.717) is 6.54 Å². The molecule has 9 nitrogen and oxygen atoms in total. The van der Waals surface area contributed by atoms with Gasteiger partial charge in [-0.25, -0.2) is 0 Å². The predicted molar refractivity (Wildman–Crippen MR) is 105 cm³/mol. The number of hydrogen-bond donors (Lipinski definition) is 0. The van der Waals surface area contributed by atoms with Crippen LogP contribution >= 0.6 is 0 Å². The lowest BCUT2D eigenvalue weighted by atomic mass is 9.98. The molecule has 0 unspecified atom stereocenters. The molecule has 0 heterocycles. The molecule has 0 aromatic heterocycles. The summed E-state index contributed by atoms with van der Waals surface area (Å²) in [7, 11) is 1.60. The van der Waals surface area contributed by atoms with Gasteiger partial charge < -0.3 is 19.2 Å². The summed E-state index contributed by atoms with van der Waals surface area (Å²) in [5.74, 6) is -0.767. The topological polar surface area (TPSA) is 108 Å². The molecule has 29 heavy (non-hydrogen) atoms. The molecule has 0 aliphatic carbocycles. The number of hydrogen-bond acceptors (Lipinski definition) is 7. The molecule has 2 aromatic carbocycles. The average molecular weight is 404 g/mol. The molecule has 0 aliphatic rings. The first-order valence-electron chi connectivity index (χ1n) is 9.15. The standard InChI is InChI=1S/C20H24N2O7/c1-4-21(9-10-29-22(25)26)19(23)13-28-20(24)14(2)15-5-6-17-12-18(27-3)8-7-16(17)11-15/h5-8,11-12,14H,4,9-10,13H2,1-3H3/t14-/m0/s1. The fraction of sp³-hybridized carbons (Fsp3) is 0.400. The monoisotopic (exact) mass is 404 g/mol. The number of carbonyl (C=O) groups excluding carboxylic acids is 2. The number of rotatable bonds is 10. The Morgan fingerprint density at radius 1 is 1.17 bits per heavy atom. The Bertz CT molecular complexity index is 884. The molecule has 0 saturated carbocycles. The van der Waals surface area contributed by atoms with Crippen molar-refractivity contribution >= 4 is 22.6 Å². The van der Waals surface area contributed by atoms with E-state index in [2.05, 4.69) is 4.84 Å². The molecular formula is C20H24N2O7. The van der Waals surface area contributed by atoms with Gasteiger partial charge in [0.1, 0.15) is 12.4 Å². The van der Waals surface area contributed by atoms with Crippen LogP contribution < -0.4 is 4.74 Å². The van der Waals surface area contributed by atoms with E-state index in [1.54, 1.807) is 21.0 Å². The average Bonchev–Trinajstić information content (AvgIpc) is 2.73. The fourth-order valence-corrected chi connectivity index (χ4v) is 2.81. The van der Waals surface area contributed by atoms with Gasteiger partial charge >= 0.3 is 5.97 Å². The van der Waals surface area contributed by atoms with Crippen LogP contribution in [0.3, 0.4) is 0 Å². The molecular weight excluding hydrogens is 380 g/mol. The van der Waals surface area contributed by atoms with Crippen molar-refractivity contribution in [1.82, 2.24) is 4.90 Å². The third-order valence-electron chi connectivity index (χ3n) is 4.56. The quantitative estimate of drug-likeness (QED) is 0.340. The van der Waals surface area contributed by atoms with Crippen molar-refractivity contribution in [3.63, 3.8) is 0 Å². The molecule has 9 heteroatoms. The van der Waals surface area contributed by atoms with Crippen LogP contribution in [0.25, 0.3) is 10.8 Å². The smallest absolute Gasteiger partial charge is 0.313 e. The maximum absolute atomic E-state index is 12.4. The number of benzene rings is 2. The number of carbonyl (C=O) groups is 2. The number of esters is 1. The van der Waals surface area contributed by atoms with Crippen molar-refractivity contribution < 1.29 is 29.0 Å². The molecule has 0 aliphatic heterocycles. The van der Waals surface area contributed by atoms with Gasteiger partial charge in [-0.2, -0.15) is 0 Å². The lowest BCUT2D eigenvalue weighted by Crippen LogP contribution is -2.37. The van der Waals surface area contributed by atoms with Gasteiger partial charge in [0.25, 0.3) is 11.0 Å².